The van der Waals surface area contributed by atoms with E-state index in [9.17, 15) is 8.42 Å². The predicted octanol–water partition coefficient (Wildman–Crippen LogP) is 2.95. The van der Waals surface area contributed by atoms with Crippen LogP contribution in [0, 0.1) is 6.92 Å². The third-order valence-electron chi connectivity index (χ3n) is 5.18. The van der Waals surface area contributed by atoms with Crippen LogP contribution in [0.1, 0.15) is 29.3 Å². The molecule has 3 rings (SSSR count). The summed E-state index contributed by atoms with van der Waals surface area (Å²) in [5.41, 5.74) is 1.03. The first-order chi connectivity index (χ1) is 14.5. The number of sulfonamides is 1. The summed E-state index contributed by atoms with van der Waals surface area (Å²) < 4.78 is 27.4. The summed E-state index contributed by atoms with van der Waals surface area (Å²) >= 11 is 1.78. The fourth-order valence-electron chi connectivity index (χ4n) is 3.52. The van der Waals surface area contributed by atoms with Crippen LogP contribution >= 0.6 is 35.3 Å². The quantitative estimate of drug-likeness (QED) is 0.185. The SMILES string of the molecule is CN=C(NCCNS(=O)(=O)c1ccc(C)cc1)NCC(c1cccs1)N1CCCC1.I. The molecule has 172 valence electrons. The second-order valence-corrected chi connectivity index (χ2v) is 10.1. The van der Waals surface area contributed by atoms with E-state index in [2.05, 4.69) is 42.8 Å². The summed E-state index contributed by atoms with van der Waals surface area (Å²) in [5, 5.41) is 8.70. The first-order valence-corrected chi connectivity index (χ1v) is 12.6. The molecule has 0 aliphatic carbocycles. The number of hydrogen-bond acceptors (Lipinski definition) is 5. The molecule has 0 spiro atoms. The van der Waals surface area contributed by atoms with Crippen LogP contribution in [0.5, 0.6) is 0 Å². The minimum Gasteiger partial charge on any atom is -0.355 e. The maximum absolute atomic E-state index is 12.4. The van der Waals surface area contributed by atoms with Crippen molar-refractivity contribution < 1.29 is 8.42 Å². The molecule has 1 fully saturated rings. The Kier molecular flexibility index (Phi) is 10.7. The number of thiophene rings is 1. The van der Waals surface area contributed by atoms with Gasteiger partial charge >= 0.3 is 0 Å². The van der Waals surface area contributed by atoms with Gasteiger partial charge in [-0.1, -0.05) is 23.8 Å². The number of aryl methyl sites for hydroxylation is 1. The molecule has 7 nitrogen and oxygen atoms in total. The van der Waals surface area contributed by atoms with Crippen LogP contribution in [-0.4, -0.2) is 59.0 Å². The van der Waals surface area contributed by atoms with Gasteiger partial charge < -0.3 is 10.6 Å². The summed E-state index contributed by atoms with van der Waals surface area (Å²) in [7, 11) is -1.78. The van der Waals surface area contributed by atoms with Crippen molar-refractivity contribution in [2.75, 3.05) is 39.8 Å². The minimum absolute atomic E-state index is 0. The molecule has 1 aliphatic rings. The van der Waals surface area contributed by atoms with E-state index in [4.69, 9.17) is 0 Å². The van der Waals surface area contributed by atoms with Crippen LogP contribution in [0.4, 0.5) is 0 Å². The molecule has 1 aromatic heterocycles. The van der Waals surface area contributed by atoms with Crippen molar-refractivity contribution in [3.8, 4) is 0 Å². The Balaban J connectivity index is 0.00000341. The van der Waals surface area contributed by atoms with Crippen LogP contribution in [-0.2, 0) is 10.0 Å². The number of likely N-dealkylation sites (tertiary alicyclic amines) is 1. The second kappa shape index (κ2) is 12.7. The minimum atomic E-state index is -3.50. The summed E-state index contributed by atoms with van der Waals surface area (Å²) in [6.07, 6.45) is 2.49. The third-order valence-corrected chi connectivity index (χ3v) is 7.63. The highest BCUT2D eigenvalue weighted by Crippen LogP contribution is 2.27. The lowest BCUT2D eigenvalue weighted by atomic mass is 10.2. The van der Waals surface area contributed by atoms with Gasteiger partial charge in [-0.3, -0.25) is 9.89 Å². The van der Waals surface area contributed by atoms with Crippen LogP contribution in [0.2, 0.25) is 0 Å². The zero-order valence-corrected chi connectivity index (χ0v) is 22.0. The van der Waals surface area contributed by atoms with Gasteiger partial charge in [0.25, 0.3) is 0 Å². The van der Waals surface area contributed by atoms with E-state index in [1.165, 1.54) is 17.7 Å². The van der Waals surface area contributed by atoms with Crippen LogP contribution in [0.25, 0.3) is 0 Å². The van der Waals surface area contributed by atoms with Crippen molar-refractivity contribution in [2.24, 2.45) is 4.99 Å². The first-order valence-electron chi connectivity index (χ1n) is 10.3. The van der Waals surface area contributed by atoms with Gasteiger partial charge in [0, 0.05) is 31.6 Å². The van der Waals surface area contributed by atoms with E-state index in [-0.39, 0.29) is 35.4 Å². The Labute approximate surface area is 206 Å². The second-order valence-electron chi connectivity index (χ2n) is 7.37. The van der Waals surface area contributed by atoms with Crippen molar-refractivity contribution in [3.63, 3.8) is 0 Å². The largest absolute Gasteiger partial charge is 0.355 e. The Hall–Kier alpha value is -1.21. The van der Waals surface area contributed by atoms with Crippen molar-refractivity contribution in [3.05, 3.63) is 52.2 Å². The molecule has 10 heteroatoms. The first kappa shape index (κ1) is 26.0. The summed E-state index contributed by atoms with van der Waals surface area (Å²) in [6, 6.07) is 11.4. The van der Waals surface area contributed by atoms with E-state index in [0.717, 1.165) is 25.2 Å². The highest BCUT2D eigenvalue weighted by molar-refractivity contribution is 14.0. The van der Waals surface area contributed by atoms with E-state index in [1.807, 2.05) is 6.92 Å². The average Bonchev–Trinajstić information content (AvgIpc) is 3.45. The zero-order valence-electron chi connectivity index (χ0n) is 18.0. The highest BCUT2D eigenvalue weighted by Gasteiger charge is 2.24. The topological polar surface area (TPSA) is 85.8 Å². The molecular weight excluding hydrogens is 545 g/mol. The number of rotatable bonds is 9. The number of halogens is 1. The molecule has 1 aromatic carbocycles. The normalized spacial score (nSPS) is 16.0. The molecule has 1 unspecified atom stereocenters. The molecule has 1 aliphatic heterocycles. The summed E-state index contributed by atoms with van der Waals surface area (Å²) in [5.74, 6) is 0.672. The maximum atomic E-state index is 12.4. The number of nitrogens with zero attached hydrogens (tertiary/aromatic N) is 2. The Morgan fingerprint density at radius 1 is 1.13 bits per heavy atom. The van der Waals surface area contributed by atoms with Crippen molar-refractivity contribution >= 4 is 51.3 Å². The van der Waals surface area contributed by atoms with Crippen molar-refractivity contribution in [2.45, 2.75) is 30.7 Å². The van der Waals surface area contributed by atoms with Crippen LogP contribution in [0.15, 0.2) is 51.7 Å². The molecule has 31 heavy (non-hydrogen) atoms. The molecular formula is C21H32IN5O2S2. The monoisotopic (exact) mass is 577 g/mol. The van der Waals surface area contributed by atoms with Gasteiger partial charge in [0.1, 0.15) is 0 Å². The smallest absolute Gasteiger partial charge is 0.240 e. The number of nitrogens with one attached hydrogen (secondary N) is 3. The van der Waals surface area contributed by atoms with Gasteiger partial charge in [0.2, 0.25) is 10.0 Å². The van der Waals surface area contributed by atoms with E-state index < -0.39 is 10.0 Å². The molecule has 0 bridgehead atoms. The lowest BCUT2D eigenvalue weighted by molar-refractivity contribution is 0.249. The number of benzene rings is 1. The molecule has 2 heterocycles. The lowest BCUT2D eigenvalue weighted by Gasteiger charge is -2.27. The summed E-state index contributed by atoms with van der Waals surface area (Å²) in [6.45, 7) is 5.65. The molecule has 0 radical (unpaired) electrons. The van der Waals surface area contributed by atoms with Gasteiger partial charge in [0.05, 0.1) is 10.9 Å². The van der Waals surface area contributed by atoms with Crippen molar-refractivity contribution in [1.82, 2.24) is 20.3 Å². The Morgan fingerprint density at radius 2 is 1.84 bits per heavy atom. The van der Waals surface area contributed by atoms with Crippen LogP contribution in [0.3, 0.4) is 0 Å². The fourth-order valence-corrected chi connectivity index (χ4v) is 5.42. The van der Waals surface area contributed by atoms with E-state index >= 15 is 0 Å². The molecule has 0 saturated carbocycles. The fraction of sp³-hybridized carbons (Fsp3) is 0.476. The molecule has 1 saturated heterocycles. The summed E-state index contributed by atoms with van der Waals surface area (Å²) in [4.78, 5) is 8.42. The average molecular weight is 578 g/mol. The lowest BCUT2D eigenvalue weighted by Crippen LogP contribution is -2.44. The Morgan fingerprint density at radius 3 is 2.45 bits per heavy atom. The molecule has 2 aromatic rings. The predicted molar refractivity (Wildman–Crippen MR) is 139 cm³/mol. The molecule has 0 amide bonds. The molecule has 3 N–H and O–H groups in total. The Bertz CT molecular complexity index is 912. The van der Waals surface area contributed by atoms with E-state index in [1.54, 1.807) is 42.6 Å². The molecule has 1 atom stereocenters. The third kappa shape index (κ3) is 7.70. The van der Waals surface area contributed by atoms with Gasteiger partial charge in [-0.2, -0.15) is 0 Å². The van der Waals surface area contributed by atoms with Gasteiger partial charge in [0.15, 0.2) is 5.96 Å². The van der Waals surface area contributed by atoms with Gasteiger partial charge in [-0.25, -0.2) is 13.1 Å². The number of guanidine groups is 1. The number of hydrogen-bond donors (Lipinski definition) is 3. The zero-order chi connectivity index (χ0) is 21.4. The van der Waals surface area contributed by atoms with Gasteiger partial charge in [-0.05, 0) is 56.4 Å². The standard InChI is InChI=1S/C21H31N5O2S2.HI/c1-17-7-9-18(10-8-17)30(27,28)25-12-11-23-21(22-2)24-16-19(20-6-5-15-29-20)26-13-3-4-14-26;/h5-10,15,19,25H,3-4,11-14,16H2,1-2H3,(H2,22,23,24);1H. The highest BCUT2D eigenvalue weighted by atomic mass is 127. The van der Waals surface area contributed by atoms with Gasteiger partial charge in [-0.15, -0.1) is 35.3 Å². The van der Waals surface area contributed by atoms with Crippen LogP contribution < -0.4 is 15.4 Å². The number of aliphatic imine (C=N–C) groups is 1. The maximum Gasteiger partial charge on any atom is 0.240 e. The van der Waals surface area contributed by atoms with Crippen molar-refractivity contribution in [1.29, 1.82) is 0 Å². The van der Waals surface area contributed by atoms with E-state index in [0.29, 0.717) is 18.5 Å².